The third-order valence-electron chi connectivity index (χ3n) is 9.33. The Labute approximate surface area is 251 Å². The lowest BCUT2D eigenvalue weighted by Crippen LogP contribution is -2.55. The second kappa shape index (κ2) is 11.7. The second-order valence-electron chi connectivity index (χ2n) is 13.3. The maximum atomic E-state index is 14.6. The number of hydrogen-bond donors (Lipinski definition) is 2. The van der Waals surface area contributed by atoms with Crippen molar-refractivity contribution in [1.82, 2.24) is 20.1 Å². The molecule has 0 radical (unpaired) electrons. The molecule has 228 valence electrons. The normalized spacial score (nSPS) is 23.3. The van der Waals surface area contributed by atoms with E-state index in [1.165, 1.54) is 12.1 Å². The molecule has 4 unspecified atom stereocenters. The molecule has 6 rings (SSSR count). The molecule has 3 aromatic rings. The van der Waals surface area contributed by atoms with E-state index in [0.717, 1.165) is 43.1 Å². The number of H-pyrrole nitrogens is 1. The SMILES string of the molecule is CC(C)(C)OC(=O)NC(C(=O)N1CCC2C1C(c1c[nH]c3cc(F)ccc13)CN2C(=O)c1ccccc1)C1CCCCC1. The number of nitrogens with one attached hydrogen (secondary N) is 2. The van der Waals surface area contributed by atoms with E-state index in [4.69, 9.17) is 4.74 Å². The summed E-state index contributed by atoms with van der Waals surface area (Å²) < 4.78 is 19.6. The Morgan fingerprint density at radius 1 is 1.00 bits per heavy atom. The van der Waals surface area contributed by atoms with Crippen LogP contribution < -0.4 is 5.32 Å². The lowest BCUT2D eigenvalue weighted by atomic mass is 9.83. The van der Waals surface area contributed by atoms with E-state index in [1.807, 2.05) is 67.1 Å². The summed E-state index contributed by atoms with van der Waals surface area (Å²) in [5, 5.41) is 3.85. The standard InChI is InChI=1S/C34H41FN4O4/c1-34(2,3)43-33(42)37-29(21-10-6-4-7-11-21)32(41)38-17-16-28-30(38)26(20-39(28)31(40)22-12-8-5-9-13-22)25-19-36-27-18-23(35)14-15-24(25)27/h5,8-9,12-15,18-19,21,26,28-30,36H,4,6-7,10-11,16-17,20H2,1-3H3,(H,37,42). The number of rotatable bonds is 5. The van der Waals surface area contributed by atoms with E-state index < -0.39 is 17.7 Å². The smallest absolute Gasteiger partial charge is 0.408 e. The van der Waals surface area contributed by atoms with Crippen molar-refractivity contribution < 1.29 is 23.5 Å². The number of ether oxygens (including phenoxy) is 1. The van der Waals surface area contributed by atoms with E-state index in [2.05, 4.69) is 10.3 Å². The number of amides is 3. The van der Waals surface area contributed by atoms with Gasteiger partial charge in [-0.15, -0.1) is 0 Å². The first-order valence-electron chi connectivity index (χ1n) is 15.5. The van der Waals surface area contributed by atoms with Crippen LogP contribution in [0.3, 0.4) is 0 Å². The van der Waals surface area contributed by atoms with Gasteiger partial charge in [0.25, 0.3) is 5.91 Å². The number of fused-ring (bicyclic) bond motifs is 2. The summed E-state index contributed by atoms with van der Waals surface area (Å²) in [7, 11) is 0. The Kier molecular flexibility index (Phi) is 7.92. The highest BCUT2D eigenvalue weighted by atomic mass is 19.1. The number of carbonyl (C=O) groups excluding carboxylic acids is 3. The van der Waals surface area contributed by atoms with Gasteiger partial charge in [-0.25, -0.2) is 9.18 Å². The summed E-state index contributed by atoms with van der Waals surface area (Å²) in [6.45, 7) is 6.35. The van der Waals surface area contributed by atoms with Gasteiger partial charge in [0.05, 0.1) is 12.1 Å². The third kappa shape index (κ3) is 5.86. The number of nitrogens with zero attached hydrogens (tertiary/aromatic N) is 2. The highest BCUT2D eigenvalue weighted by molar-refractivity contribution is 5.95. The molecular formula is C34H41FN4O4. The molecular weight excluding hydrogens is 547 g/mol. The molecule has 3 fully saturated rings. The van der Waals surface area contributed by atoms with Crippen molar-refractivity contribution in [1.29, 1.82) is 0 Å². The van der Waals surface area contributed by atoms with Crippen LogP contribution in [0, 0.1) is 11.7 Å². The van der Waals surface area contributed by atoms with Gasteiger partial charge >= 0.3 is 6.09 Å². The summed E-state index contributed by atoms with van der Waals surface area (Å²) in [5.41, 5.74) is 1.57. The summed E-state index contributed by atoms with van der Waals surface area (Å²) in [4.78, 5) is 48.4. The van der Waals surface area contributed by atoms with Crippen LogP contribution in [0.2, 0.25) is 0 Å². The molecule has 2 N–H and O–H groups in total. The zero-order valence-electron chi connectivity index (χ0n) is 25.1. The molecule has 43 heavy (non-hydrogen) atoms. The molecule has 1 aromatic heterocycles. The molecule has 1 saturated carbocycles. The van der Waals surface area contributed by atoms with Crippen molar-refractivity contribution in [3.8, 4) is 0 Å². The maximum absolute atomic E-state index is 14.6. The van der Waals surface area contributed by atoms with Gasteiger partial charge in [-0.2, -0.15) is 0 Å². The van der Waals surface area contributed by atoms with E-state index in [-0.39, 0.29) is 41.6 Å². The first-order chi connectivity index (χ1) is 20.6. The minimum Gasteiger partial charge on any atom is -0.444 e. The molecule has 2 aromatic carbocycles. The summed E-state index contributed by atoms with van der Waals surface area (Å²) in [6.07, 6.45) is 6.84. The molecule has 3 amide bonds. The molecule has 9 heteroatoms. The Morgan fingerprint density at radius 3 is 2.47 bits per heavy atom. The zero-order chi connectivity index (χ0) is 30.3. The van der Waals surface area contributed by atoms with Gasteiger partial charge in [0.1, 0.15) is 17.5 Å². The molecule has 2 aliphatic heterocycles. The van der Waals surface area contributed by atoms with Crippen LogP contribution in [0.1, 0.15) is 81.1 Å². The van der Waals surface area contributed by atoms with Crippen molar-refractivity contribution in [2.75, 3.05) is 13.1 Å². The van der Waals surface area contributed by atoms with Crippen molar-refractivity contribution in [3.63, 3.8) is 0 Å². The fourth-order valence-electron chi connectivity index (χ4n) is 7.49. The van der Waals surface area contributed by atoms with Crippen molar-refractivity contribution in [2.24, 2.45) is 5.92 Å². The van der Waals surface area contributed by atoms with Crippen LogP contribution in [-0.4, -0.2) is 69.5 Å². The number of aromatic nitrogens is 1. The maximum Gasteiger partial charge on any atom is 0.408 e. The number of aromatic amines is 1. The lowest BCUT2D eigenvalue weighted by molar-refractivity contribution is -0.136. The number of hydrogen-bond acceptors (Lipinski definition) is 4. The molecule has 3 aliphatic rings. The molecule has 8 nitrogen and oxygen atoms in total. The molecule has 2 saturated heterocycles. The molecule has 0 spiro atoms. The number of alkyl carbamates (subject to hydrolysis) is 1. The van der Waals surface area contributed by atoms with Crippen LogP contribution in [0.25, 0.3) is 10.9 Å². The van der Waals surface area contributed by atoms with E-state index in [0.29, 0.717) is 30.6 Å². The fourth-order valence-corrected chi connectivity index (χ4v) is 7.49. The van der Waals surface area contributed by atoms with Crippen LogP contribution >= 0.6 is 0 Å². The average molecular weight is 589 g/mol. The lowest BCUT2D eigenvalue weighted by Gasteiger charge is -2.36. The predicted molar refractivity (Wildman–Crippen MR) is 162 cm³/mol. The highest BCUT2D eigenvalue weighted by Crippen LogP contribution is 2.44. The Morgan fingerprint density at radius 2 is 1.74 bits per heavy atom. The molecule has 1 aliphatic carbocycles. The average Bonchev–Trinajstić information content (AvgIpc) is 3.69. The quantitative estimate of drug-likeness (QED) is 0.383. The first-order valence-corrected chi connectivity index (χ1v) is 15.5. The van der Waals surface area contributed by atoms with Gasteiger partial charge in [-0.1, -0.05) is 37.5 Å². The summed E-state index contributed by atoms with van der Waals surface area (Å²) in [6, 6.07) is 12.8. The number of carbonyl (C=O) groups is 3. The van der Waals surface area contributed by atoms with Gasteiger partial charge in [-0.05, 0) is 81.8 Å². The van der Waals surface area contributed by atoms with Crippen LogP contribution in [0.5, 0.6) is 0 Å². The molecule has 0 bridgehead atoms. The Balaban J connectivity index is 1.35. The number of halogens is 1. The summed E-state index contributed by atoms with van der Waals surface area (Å²) in [5.74, 6) is -0.668. The van der Waals surface area contributed by atoms with Gasteiger partial charge in [0.15, 0.2) is 0 Å². The third-order valence-corrected chi connectivity index (χ3v) is 9.33. The van der Waals surface area contributed by atoms with Gasteiger partial charge in [-0.3, -0.25) is 9.59 Å². The second-order valence-corrected chi connectivity index (χ2v) is 13.3. The zero-order valence-corrected chi connectivity index (χ0v) is 25.1. The van der Waals surface area contributed by atoms with Crippen molar-refractivity contribution >= 4 is 28.8 Å². The van der Waals surface area contributed by atoms with Gasteiger partial charge in [0.2, 0.25) is 5.91 Å². The minimum atomic E-state index is -0.703. The molecule has 3 heterocycles. The van der Waals surface area contributed by atoms with Crippen LogP contribution in [0.4, 0.5) is 9.18 Å². The monoisotopic (exact) mass is 588 g/mol. The highest BCUT2D eigenvalue weighted by Gasteiger charge is 2.54. The fraction of sp³-hybridized carbons (Fsp3) is 0.500. The predicted octanol–water partition coefficient (Wildman–Crippen LogP) is 5.99. The van der Waals surface area contributed by atoms with E-state index in [9.17, 15) is 18.8 Å². The van der Waals surface area contributed by atoms with Gasteiger partial charge in [0, 0.05) is 41.7 Å². The minimum absolute atomic E-state index is 0.0192. The molecule has 4 atom stereocenters. The van der Waals surface area contributed by atoms with Crippen LogP contribution in [-0.2, 0) is 9.53 Å². The van der Waals surface area contributed by atoms with Crippen molar-refractivity contribution in [3.05, 3.63) is 71.7 Å². The van der Waals surface area contributed by atoms with Gasteiger partial charge < -0.3 is 24.8 Å². The van der Waals surface area contributed by atoms with Crippen molar-refractivity contribution in [2.45, 2.75) is 88.9 Å². The van der Waals surface area contributed by atoms with Crippen LogP contribution in [0.15, 0.2) is 54.7 Å². The Hall–Kier alpha value is -3.88. The van der Waals surface area contributed by atoms with E-state index >= 15 is 0 Å². The number of benzene rings is 2. The van der Waals surface area contributed by atoms with E-state index in [1.54, 1.807) is 6.07 Å². The summed E-state index contributed by atoms with van der Waals surface area (Å²) >= 11 is 0. The number of likely N-dealkylation sites (tertiary alicyclic amines) is 2. The first kappa shape index (κ1) is 29.2. The Bertz CT molecular complexity index is 1490. The largest absolute Gasteiger partial charge is 0.444 e. The topological polar surface area (TPSA) is 94.7 Å².